The number of fused-ring (bicyclic) bond motifs is 1. The molecule has 0 saturated carbocycles. The molecule has 0 radical (unpaired) electrons. The molecule has 11 heteroatoms. The lowest BCUT2D eigenvalue weighted by Crippen LogP contribution is -2.51. The molecule has 0 aliphatic carbocycles. The van der Waals surface area contributed by atoms with E-state index < -0.39 is 16.3 Å². The SMILES string of the molecule is CC(C)(C)OC(=O)N1CCN(C(=O)CCCn2c(=O)oc3cc([N+](=O)[O-])ccc32)CC1. The van der Waals surface area contributed by atoms with Gasteiger partial charge < -0.3 is 19.0 Å². The molecule has 1 aliphatic heterocycles. The third-order valence-corrected chi connectivity index (χ3v) is 4.92. The first-order valence-electron chi connectivity index (χ1n) is 10.1. The van der Waals surface area contributed by atoms with Crippen molar-refractivity contribution in [2.24, 2.45) is 0 Å². The van der Waals surface area contributed by atoms with Crippen LogP contribution in [0.1, 0.15) is 33.6 Å². The Balaban J connectivity index is 1.51. The van der Waals surface area contributed by atoms with Crippen LogP contribution in [-0.4, -0.2) is 63.1 Å². The normalized spacial score (nSPS) is 14.7. The summed E-state index contributed by atoms with van der Waals surface area (Å²) in [5.74, 6) is -0.672. The molecule has 2 amide bonds. The molecule has 1 fully saturated rings. The molecule has 2 aromatic rings. The second-order valence-electron chi connectivity index (χ2n) is 8.38. The first kappa shape index (κ1) is 22.3. The van der Waals surface area contributed by atoms with Gasteiger partial charge in [0.05, 0.1) is 16.5 Å². The van der Waals surface area contributed by atoms with Gasteiger partial charge in [-0.15, -0.1) is 0 Å². The maximum absolute atomic E-state index is 12.5. The van der Waals surface area contributed by atoms with E-state index in [1.165, 1.54) is 22.8 Å². The molecule has 168 valence electrons. The van der Waals surface area contributed by atoms with Crippen molar-refractivity contribution >= 4 is 28.8 Å². The molecule has 0 N–H and O–H groups in total. The Morgan fingerprint density at radius 2 is 1.81 bits per heavy atom. The minimum absolute atomic E-state index is 0.0553. The smallest absolute Gasteiger partial charge is 0.419 e. The van der Waals surface area contributed by atoms with Gasteiger partial charge in [0.25, 0.3) is 5.69 Å². The molecular formula is C20H26N4O7. The third-order valence-electron chi connectivity index (χ3n) is 4.92. The van der Waals surface area contributed by atoms with E-state index in [1.807, 2.05) is 0 Å². The zero-order valence-electron chi connectivity index (χ0n) is 17.8. The fraction of sp³-hybridized carbons (Fsp3) is 0.550. The summed E-state index contributed by atoms with van der Waals surface area (Å²) in [5.41, 5.74) is -0.128. The minimum atomic E-state index is -0.617. The highest BCUT2D eigenvalue weighted by molar-refractivity contribution is 5.77. The highest BCUT2D eigenvalue weighted by Gasteiger charge is 2.27. The summed E-state index contributed by atoms with van der Waals surface area (Å²) in [6, 6.07) is 3.99. The Morgan fingerprint density at radius 1 is 1.16 bits per heavy atom. The van der Waals surface area contributed by atoms with Gasteiger partial charge in [-0.1, -0.05) is 0 Å². The Kier molecular flexibility index (Phi) is 6.32. The van der Waals surface area contributed by atoms with Crippen molar-refractivity contribution in [3.63, 3.8) is 0 Å². The van der Waals surface area contributed by atoms with Crippen LogP contribution in [0.2, 0.25) is 0 Å². The van der Waals surface area contributed by atoms with Gasteiger partial charge in [-0.05, 0) is 33.3 Å². The first-order chi connectivity index (χ1) is 14.5. The zero-order chi connectivity index (χ0) is 22.8. The summed E-state index contributed by atoms with van der Waals surface area (Å²) in [4.78, 5) is 50.3. The lowest BCUT2D eigenvalue weighted by molar-refractivity contribution is -0.384. The van der Waals surface area contributed by atoms with Crippen molar-refractivity contribution in [1.29, 1.82) is 0 Å². The summed E-state index contributed by atoms with van der Waals surface area (Å²) in [7, 11) is 0. The maximum Gasteiger partial charge on any atom is 0.419 e. The van der Waals surface area contributed by atoms with Crippen molar-refractivity contribution in [3.8, 4) is 0 Å². The van der Waals surface area contributed by atoms with Crippen LogP contribution < -0.4 is 5.76 Å². The number of piperazine rings is 1. The summed E-state index contributed by atoms with van der Waals surface area (Å²) < 4.78 is 11.8. The van der Waals surface area contributed by atoms with Crippen LogP contribution in [0, 0.1) is 10.1 Å². The van der Waals surface area contributed by atoms with Crippen molar-refractivity contribution in [2.45, 2.75) is 45.8 Å². The number of aryl methyl sites for hydroxylation is 1. The van der Waals surface area contributed by atoms with Crippen molar-refractivity contribution in [2.75, 3.05) is 26.2 Å². The molecule has 0 atom stereocenters. The standard InChI is InChI=1S/C20H26N4O7/c1-20(2,3)31-18(26)22-11-9-21(10-12-22)17(25)5-4-8-23-15-7-6-14(24(28)29)13-16(15)30-19(23)27/h6-7,13H,4-5,8-12H2,1-3H3. The molecule has 1 saturated heterocycles. The van der Waals surface area contributed by atoms with Gasteiger partial charge in [0, 0.05) is 45.2 Å². The van der Waals surface area contributed by atoms with Crippen LogP contribution in [0.25, 0.3) is 11.1 Å². The molecule has 0 unspecified atom stereocenters. The molecule has 31 heavy (non-hydrogen) atoms. The van der Waals surface area contributed by atoms with Gasteiger partial charge in [-0.25, -0.2) is 9.59 Å². The van der Waals surface area contributed by atoms with Gasteiger partial charge in [0.1, 0.15) is 5.60 Å². The highest BCUT2D eigenvalue weighted by Crippen LogP contribution is 2.20. The zero-order valence-corrected chi connectivity index (χ0v) is 17.8. The van der Waals surface area contributed by atoms with Crippen LogP contribution in [0.15, 0.2) is 27.4 Å². The average Bonchev–Trinajstić information content (AvgIpc) is 3.01. The van der Waals surface area contributed by atoms with Crippen LogP contribution >= 0.6 is 0 Å². The van der Waals surface area contributed by atoms with E-state index in [0.29, 0.717) is 38.1 Å². The van der Waals surface area contributed by atoms with E-state index in [2.05, 4.69) is 0 Å². The molecule has 0 spiro atoms. The maximum atomic E-state index is 12.5. The fourth-order valence-corrected chi connectivity index (χ4v) is 3.39. The third kappa shape index (κ3) is 5.41. The first-order valence-corrected chi connectivity index (χ1v) is 10.1. The highest BCUT2D eigenvalue weighted by atomic mass is 16.6. The Morgan fingerprint density at radius 3 is 2.42 bits per heavy atom. The largest absolute Gasteiger partial charge is 0.444 e. The van der Waals surface area contributed by atoms with Crippen molar-refractivity contribution in [3.05, 3.63) is 38.9 Å². The number of rotatable bonds is 5. The number of ether oxygens (including phenoxy) is 1. The summed E-state index contributed by atoms with van der Waals surface area (Å²) in [6.07, 6.45) is 0.265. The number of benzene rings is 1. The molecule has 1 aliphatic rings. The number of non-ortho nitro benzene ring substituents is 1. The minimum Gasteiger partial charge on any atom is -0.444 e. The molecule has 11 nitrogen and oxygen atoms in total. The molecule has 2 heterocycles. The number of amides is 2. The molecular weight excluding hydrogens is 408 g/mol. The summed E-state index contributed by atoms with van der Waals surface area (Å²) in [6.45, 7) is 7.35. The van der Waals surface area contributed by atoms with Gasteiger partial charge in [-0.3, -0.25) is 19.5 Å². The lowest BCUT2D eigenvalue weighted by Gasteiger charge is -2.35. The van der Waals surface area contributed by atoms with E-state index in [1.54, 1.807) is 30.6 Å². The van der Waals surface area contributed by atoms with Gasteiger partial charge >= 0.3 is 11.8 Å². The van der Waals surface area contributed by atoms with Gasteiger partial charge in [0.2, 0.25) is 5.91 Å². The molecule has 3 rings (SSSR count). The number of hydrogen-bond acceptors (Lipinski definition) is 7. The predicted molar refractivity (Wildman–Crippen MR) is 111 cm³/mol. The van der Waals surface area contributed by atoms with E-state index in [0.717, 1.165) is 0 Å². The van der Waals surface area contributed by atoms with Gasteiger partial charge in [-0.2, -0.15) is 0 Å². The monoisotopic (exact) mass is 434 g/mol. The predicted octanol–water partition coefficient (Wildman–Crippen LogP) is 2.36. The molecule has 1 aromatic carbocycles. The van der Waals surface area contributed by atoms with E-state index in [4.69, 9.17) is 9.15 Å². The Bertz CT molecular complexity index is 1040. The number of carbonyl (C=O) groups is 2. The van der Waals surface area contributed by atoms with Gasteiger partial charge in [0.15, 0.2) is 5.58 Å². The number of aromatic nitrogens is 1. The van der Waals surface area contributed by atoms with Crippen LogP contribution in [0.4, 0.5) is 10.5 Å². The number of hydrogen-bond donors (Lipinski definition) is 0. The number of carbonyl (C=O) groups excluding carboxylic acids is 2. The number of nitrogens with zero attached hydrogens (tertiary/aromatic N) is 4. The van der Waals surface area contributed by atoms with Crippen LogP contribution in [0.5, 0.6) is 0 Å². The second kappa shape index (κ2) is 8.78. The number of oxazole rings is 1. The topological polar surface area (TPSA) is 128 Å². The summed E-state index contributed by atoms with van der Waals surface area (Å²) in [5, 5.41) is 10.9. The second-order valence-corrected chi connectivity index (χ2v) is 8.38. The average molecular weight is 434 g/mol. The van der Waals surface area contributed by atoms with Crippen LogP contribution in [-0.2, 0) is 16.1 Å². The van der Waals surface area contributed by atoms with E-state index in [9.17, 15) is 24.5 Å². The summed E-state index contributed by atoms with van der Waals surface area (Å²) >= 11 is 0. The Hall–Kier alpha value is -3.37. The lowest BCUT2D eigenvalue weighted by atomic mass is 10.2. The molecule has 0 bridgehead atoms. The van der Waals surface area contributed by atoms with Crippen molar-refractivity contribution in [1.82, 2.24) is 14.4 Å². The van der Waals surface area contributed by atoms with E-state index >= 15 is 0 Å². The molecule has 1 aromatic heterocycles. The van der Waals surface area contributed by atoms with Crippen LogP contribution in [0.3, 0.4) is 0 Å². The quantitative estimate of drug-likeness (QED) is 0.522. The Labute approximate surface area is 178 Å². The van der Waals surface area contributed by atoms with E-state index in [-0.39, 0.29) is 36.2 Å². The fourth-order valence-electron chi connectivity index (χ4n) is 3.39. The number of nitro groups is 1. The number of nitro benzene ring substituents is 1. The van der Waals surface area contributed by atoms with Crippen molar-refractivity contribution < 1.29 is 23.7 Å².